The number of hydrogen-bond donors (Lipinski definition) is 1. The monoisotopic (exact) mass is 193 g/mol. The average Bonchev–Trinajstić information content (AvgIpc) is 2.19. The fraction of sp³-hybridized carbons (Fsp3) is 0.417. The van der Waals surface area contributed by atoms with Crippen molar-refractivity contribution in [2.45, 2.75) is 26.2 Å². The van der Waals surface area contributed by atoms with Gasteiger partial charge >= 0.3 is 0 Å². The Morgan fingerprint density at radius 1 is 1.43 bits per heavy atom. The Morgan fingerprint density at radius 2 is 2.07 bits per heavy atom. The van der Waals surface area contributed by atoms with E-state index >= 15 is 0 Å². The van der Waals surface area contributed by atoms with Gasteiger partial charge in [-0.2, -0.15) is 0 Å². The first-order chi connectivity index (χ1) is 6.70. The van der Waals surface area contributed by atoms with Crippen LogP contribution in [0.3, 0.4) is 0 Å². The summed E-state index contributed by atoms with van der Waals surface area (Å²) in [5, 5.41) is 0. The van der Waals surface area contributed by atoms with Gasteiger partial charge < -0.3 is 5.73 Å². The second-order valence-corrected chi connectivity index (χ2v) is 3.68. The van der Waals surface area contributed by atoms with Crippen molar-refractivity contribution in [3.05, 3.63) is 35.9 Å². The number of nitrogens with two attached hydrogens (primary N) is 1. The van der Waals surface area contributed by atoms with Gasteiger partial charge in [0.15, 0.2) is 0 Å². The molecular formula is C12H19NO. The molecular weight excluding hydrogens is 174 g/mol. The molecule has 1 rings (SSSR count). The molecule has 0 aromatic heterocycles. The van der Waals surface area contributed by atoms with Crippen molar-refractivity contribution >= 4 is 5.91 Å². The van der Waals surface area contributed by atoms with Crippen molar-refractivity contribution in [3.8, 4) is 0 Å². The standard InChI is InChI=1S/C12H17NO.H2/c1-10(12(13)14)6-5-9-11-7-3-2-4-8-11;/h2-4,7-8,10H,5-6,9H2,1H3,(H2,13,14);1H/t10-;/m1./s1. The van der Waals surface area contributed by atoms with E-state index in [0.717, 1.165) is 19.3 Å². The quantitative estimate of drug-likeness (QED) is 0.766. The van der Waals surface area contributed by atoms with Gasteiger partial charge in [-0.15, -0.1) is 0 Å². The lowest BCUT2D eigenvalue weighted by Gasteiger charge is -2.06. The van der Waals surface area contributed by atoms with E-state index in [-0.39, 0.29) is 13.3 Å². The maximum Gasteiger partial charge on any atom is 0.220 e. The van der Waals surface area contributed by atoms with Crippen LogP contribution in [-0.4, -0.2) is 5.91 Å². The van der Waals surface area contributed by atoms with Crippen molar-refractivity contribution in [2.75, 3.05) is 0 Å². The number of rotatable bonds is 5. The van der Waals surface area contributed by atoms with Crippen LogP contribution in [0.2, 0.25) is 0 Å². The van der Waals surface area contributed by atoms with Gasteiger partial charge in [0.05, 0.1) is 0 Å². The Balaban J connectivity index is 0.00000196. The van der Waals surface area contributed by atoms with Gasteiger partial charge in [0.25, 0.3) is 0 Å². The molecule has 1 atom stereocenters. The molecule has 0 spiro atoms. The Hall–Kier alpha value is -1.31. The molecule has 14 heavy (non-hydrogen) atoms. The first kappa shape index (κ1) is 10.8. The number of carbonyl (C=O) groups is 1. The summed E-state index contributed by atoms with van der Waals surface area (Å²) in [7, 11) is 0. The van der Waals surface area contributed by atoms with E-state index in [4.69, 9.17) is 5.73 Å². The molecule has 1 aromatic rings. The topological polar surface area (TPSA) is 43.1 Å². The zero-order valence-corrected chi connectivity index (χ0v) is 8.57. The highest BCUT2D eigenvalue weighted by Crippen LogP contribution is 2.09. The molecule has 0 radical (unpaired) electrons. The predicted octanol–water partition coefficient (Wildman–Crippen LogP) is 2.38. The van der Waals surface area contributed by atoms with Crippen molar-refractivity contribution in [1.82, 2.24) is 0 Å². The maximum absolute atomic E-state index is 10.8. The molecule has 2 nitrogen and oxygen atoms in total. The van der Waals surface area contributed by atoms with Crippen LogP contribution in [-0.2, 0) is 11.2 Å². The van der Waals surface area contributed by atoms with Gasteiger partial charge in [-0.3, -0.25) is 4.79 Å². The van der Waals surface area contributed by atoms with Crippen molar-refractivity contribution in [3.63, 3.8) is 0 Å². The van der Waals surface area contributed by atoms with Crippen LogP contribution in [0.1, 0.15) is 26.8 Å². The molecule has 0 heterocycles. The van der Waals surface area contributed by atoms with E-state index in [2.05, 4.69) is 12.1 Å². The Labute approximate surface area is 86.6 Å². The lowest BCUT2D eigenvalue weighted by molar-refractivity contribution is -0.121. The first-order valence-electron chi connectivity index (χ1n) is 5.03. The second-order valence-electron chi connectivity index (χ2n) is 3.68. The highest BCUT2D eigenvalue weighted by Gasteiger charge is 2.07. The zero-order valence-electron chi connectivity index (χ0n) is 8.57. The lowest BCUT2D eigenvalue weighted by Crippen LogP contribution is -2.20. The Bertz CT molecular complexity index is 287. The summed E-state index contributed by atoms with van der Waals surface area (Å²) in [4.78, 5) is 10.8. The first-order valence-corrected chi connectivity index (χ1v) is 5.03. The molecule has 0 aliphatic carbocycles. The number of benzene rings is 1. The van der Waals surface area contributed by atoms with E-state index in [0.29, 0.717) is 0 Å². The van der Waals surface area contributed by atoms with Crippen molar-refractivity contribution in [2.24, 2.45) is 11.7 Å². The van der Waals surface area contributed by atoms with Crippen LogP contribution < -0.4 is 5.73 Å². The fourth-order valence-corrected chi connectivity index (χ4v) is 1.40. The van der Waals surface area contributed by atoms with Crippen LogP contribution in [0.25, 0.3) is 0 Å². The fourth-order valence-electron chi connectivity index (χ4n) is 1.40. The van der Waals surface area contributed by atoms with Gasteiger partial charge in [-0.25, -0.2) is 0 Å². The molecule has 0 unspecified atom stereocenters. The highest BCUT2D eigenvalue weighted by molar-refractivity contribution is 5.76. The van der Waals surface area contributed by atoms with Crippen LogP contribution in [0.5, 0.6) is 0 Å². The van der Waals surface area contributed by atoms with E-state index in [1.807, 2.05) is 25.1 Å². The third-order valence-corrected chi connectivity index (χ3v) is 2.43. The maximum atomic E-state index is 10.8. The molecule has 0 bridgehead atoms. The van der Waals surface area contributed by atoms with Crippen LogP contribution >= 0.6 is 0 Å². The normalized spacial score (nSPS) is 12.4. The molecule has 0 saturated carbocycles. The van der Waals surface area contributed by atoms with Crippen molar-refractivity contribution < 1.29 is 6.22 Å². The summed E-state index contributed by atoms with van der Waals surface area (Å²) in [6.07, 6.45) is 2.93. The number of primary amides is 1. The highest BCUT2D eigenvalue weighted by atomic mass is 16.1. The molecule has 1 aromatic carbocycles. The third-order valence-electron chi connectivity index (χ3n) is 2.43. The van der Waals surface area contributed by atoms with Crippen molar-refractivity contribution in [1.29, 1.82) is 0 Å². The van der Waals surface area contributed by atoms with Gasteiger partial charge in [0.2, 0.25) is 5.91 Å². The van der Waals surface area contributed by atoms with Gasteiger partial charge in [-0.05, 0) is 24.8 Å². The van der Waals surface area contributed by atoms with Crippen LogP contribution in [0.4, 0.5) is 0 Å². The zero-order chi connectivity index (χ0) is 10.4. The molecule has 0 aliphatic rings. The summed E-state index contributed by atoms with van der Waals surface area (Å²) in [5.41, 5.74) is 6.50. The smallest absolute Gasteiger partial charge is 0.220 e. The molecule has 0 fully saturated rings. The molecule has 78 valence electrons. The van der Waals surface area contributed by atoms with Gasteiger partial charge in [0.1, 0.15) is 0 Å². The lowest BCUT2D eigenvalue weighted by atomic mass is 10.0. The SMILES string of the molecule is C[C@H](CCCc1ccccc1)C(N)=O.[HH]. The minimum atomic E-state index is -0.196. The molecule has 0 saturated heterocycles. The van der Waals surface area contributed by atoms with Crippen LogP contribution in [0, 0.1) is 5.92 Å². The summed E-state index contributed by atoms with van der Waals surface area (Å²) in [6.45, 7) is 1.88. The Kier molecular flexibility index (Phi) is 4.17. The summed E-state index contributed by atoms with van der Waals surface area (Å²) in [5.74, 6) is -0.197. The van der Waals surface area contributed by atoms with E-state index in [9.17, 15) is 4.79 Å². The minimum Gasteiger partial charge on any atom is -0.369 e. The van der Waals surface area contributed by atoms with E-state index in [1.165, 1.54) is 5.56 Å². The van der Waals surface area contributed by atoms with E-state index in [1.54, 1.807) is 0 Å². The molecule has 2 N–H and O–H groups in total. The molecule has 2 heteroatoms. The largest absolute Gasteiger partial charge is 0.369 e. The average molecular weight is 193 g/mol. The predicted molar refractivity (Wildman–Crippen MR) is 59.9 cm³/mol. The van der Waals surface area contributed by atoms with Gasteiger partial charge in [-0.1, -0.05) is 37.3 Å². The number of hydrogen-bond acceptors (Lipinski definition) is 1. The number of carbonyl (C=O) groups excluding carboxylic acids is 1. The summed E-state index contributed by atoms with van der Waals surface area (Å²) in [6, 6.07) is 10.3. The minimum absolute atomic E-state index is 0. The third kappa shape index (κ3) is 3.60. The van der Waals surface area contributed by atoms with Gasteiger partial charge in [0, 0.05) is 7.34 Å². The Morgan fingerprint density at radius 3 is 2.64 bits per heavy atom. The number of amides is 1. The summed E-state index contributed by atoms with van der Waals surface area (Å²) >= 11 is 0. The second kappa shape index (κ2) is 5.43. The summed E-state index contributed by atoms with van der Waals surface area (Å²) < 4.78 is 0. The van der Waals surface area contributed by atoms with Crippen LogP contribution in [0.15, 0.2) is 30.3 Å². The van der Waals surface area contributed by atoms with E-state index < -0.39 is 0 Å². The molecule has 0 aliphatic heterocycles. The molecule has 1 amide bonds. The number of aryl methyl sites for hydroxylation is 1.